The lowest BCUT2D eigenvalue weighted by molar-refractivity contribution is -0.140. The lowest BCUT2D eigenvalue weighted by Crippen LogP contribution is -2.39. The van der Waals surface area contributed by atoms with Crippen LogP contribution in [0, 0.1) is 23.7 Å². The van der Waals surface area contributed by atoms with E-state index in [1.165, 1.54) is 22.3 Å². The molecule has 8 heteroatoms. The van der Waals surface area contributed by atoms with Gasteiger partial charge in [0.2, 0.25) is 11.8 Å². The number of phenolic OH excluding ortho intramolecular Hbond substituents is 1. The monoisotopic (exact) mass is 557 g/mol. The third-order valence-electron chi connectivity index (χ3n) is 7.89. The molecule has 0 radical (unpaired) electrons. The molecule has 204 valence electrons. The van der Waals surface area contributed by atoms with Gasteiger partial charge in [0.05, 0.1) is 36.1 Å². The first kappa shape index (κ1) is 28.6. The first-order valence-corrected chi connectivity index (χ1v) is 14.5. The third-order valence-corrected chi connectivity index (χ3v) is 9.08. The number of benzene rings is 1. The minimum Gasteiger partial charge on any atom is -0.508 e. The summed E-state index contributed by atoms with van der Waals surface area (Å²) >= 11 is 7.79. The number of halogens is 1. The Bertz CT molecular complexity index is 1240. The van der Waals surface area contributed by atoms with Gasteiger partial charge in [-0.15, -0.1) is 11.3 Å². The van der Waals surface area contributed by atoms with Crippen molar-refractivity contribution in [3.05, 3.63) is 67.9 Å². The highest BCUT2D eigenvalue weighted by Gasteiger charge is 2.55. The molecule has 3 N–H and O–H groups in total. The van der Waals surface area contributed by atoms with Crippen LogP contribution in [0.15, 0.2) is 52.4 Å². The maximum Gasteiger partial charge on any atom is 0.234 e. The van der Waals surface area contributed by atoms with E-state index < -0.39 is 23.9 Å². The standard InChI is InChI=1S/C30H36ClNO5S/c1-4-18(12-19-8-9-20(34)13-25(19)31)7-10-26(35)27-22(17(2)3)14-23-28(24(27)16-33)30(37)32(29(23)36)15-21-6-5-11-38-21/h5-6,8-9,11-13,17,23-24,26,28,33-35H,4,7,10,14-16H2,1-3H3/b18-12+/t23-,24+,26-,28-/m1/s1. The van der Waals surface area contributed by atoms with E-state index in [9.17, 15) is 24.9 Å². The summed E-state index contributed by atoms with van der Waals surface area (Å²) in [5.74, 6) is -2.01. The minimum atomic E-state index is -0.843. The van der Waals surface area contributed by atoms with Crippen LogP contribution in [0.5, 0.6) is 5.75 Å². The number of hydrogen-bond acceptors (Lipinski definition) is 6. The van der Waals surface area contributed by atoms with Crippen molar-refractivity contribution in [2.45, 2.75) is 59.1 Å². The summed E-state index contributed by atoms with van der Waals surface area (Å²) in [5.41, 5.74) is 3.58. The van der Waals surface area contributed by atoms with Gasteiger partial charge in [-0.2, -0.15) is 0 Å². The number of thiophene rings is 1. The average Bonchev–Trinajstić information content (AvgIpc) is 3.49. The topological polar surface area (TPSA) is 98.1 Å². The number of fused-ring (bicyclic) bond motifs is 1. The van der Waals surface area contributed by atoms with Crippen molar-refractivity contribution >= 4 is 40.8 Å². The first-order valence-electron chi connectivity index (χ1n) is 13.2. The summed E-state index contributed by atoms with van der Waals surface area (Å²) < 4.78 is 0. The SMILES string of the molecule is CC/C(=C\c1ccc(O)cc1Cl)CC[C@@H](O)C1=C(C(C)C)C[C@H]2C(=O)N(Cc3cccs3)C(=O)[C@H]2[C@H]1CO. The highest BCUT2D eigenvalue weighted by atomic mass is 35.5. The summed E-state index contributed by atoms with van der Waals surface area (Å²) in [5, 5.41) is 34.0. The number of amides is 2. The van der Waals surface area contributed by atoms with Crippen molar-refractivity contribution in [2.75, 3.05) is 6.61 Å². The summed E-state index contributed by atoms with van der Waals surface area (Å²) in [7, 11) is 0. The van der Waals surface area contributed by atoms with Crippen LogP contribution in [-0.2, 0) is 16.1 Å². The predicted molar refractivity (Wildman–Crippen MR) is 151 cm³/mol. The van der Waals surface area contributed by atoms with Crippen molar-refractivity contribution in [3.8, 4) is 5.75 Å². The molecule has 1 fully saturated rings. The smallest absolute Gasteiger partial charge is 0.234 e. The van der Waals surface area contributed by atoms with Crippen molar-refractivity contribution in [3.63, 3.8) is 0 Å². The molecule has 0 saturated carbocycles. The lowest BCUT2D eigenvalue weighted by Gasteiger charge is -2.38. The van der Waals surface area contributed by atoms with E-state index >= 15 is 0 Å². The molecule has 6 nitrogen and oxygen atoms in total. The van der Waals surface area contributed by atoms with Gasteiger partial charge in [0, 0.05) is 10.8 Å². The Morgan fingerprint density at radius 2 is 2.00 bits per heavy atom. The average molecular weight is 558 g/mol. The Morgan fingerprint density at radius 1 is 1.24 bits per heavy atom. The van der Waals surface area contributed by atoms with E-state index in [1.807, 2.05) is 44.4 Å². The van der Waals surface area contributed by atoms with E-state index in [0.29, 0.717) is 24.3 Å². The fourth-order valence-corrected chi connectivity index (χ4v) is 6.83. The second-order valence-electron chi connectivity index (χ2n) is 10.5. The van der Waals surface area contributed by atoms with Gasteiger partial charge in [0.15, 0.2) is 0 Å². The number of hydrogen-bond donors (Lipinski definition) is 3. The number of aliphatic hydroxyl groups excluding tert-OH is 2. The Hall–Kier alpha value is -2.45. The van der Waals surface area contributed by atoms with Crippen LogP contribution in [0.25, 0.3) is 6.08 Å². The molecule has 2 aromatic rings. The number of aromatic hydroxyl groups is 1. The van der Waals surface area contributed by atoms with Gasteiger partial charge in [-0.25, -0.2) is 0 Å². The molecule has 1 aromatic carbocycles. The highest BCUT2D eigenvalue weighted by molar-refractivity contribution is 7.09. The van der Waals surface area contributed by atoms with E-state index in [2.05, 4.69) is 0 Å². The van der Waals surface area contributed by atoms with Gasteiger partial charge >= 0.3 is 0 Å². The molecule has 2 amide bonds. The first-order chi connectivity index (χ1) is 18.2. The number of aliphatic hydroxyl groups is 2. The van der Waals surface area contributed by atoms with Gasteiger partial charge < -0.3 is 15.3 Å². The van der Waals surface area contributed by atoms with E-state index in [0.717, 1.165) is 33.6 Å². The van der Waals surface area contributed by atoms with Crippen molar-refractivity contribution in [1.82, 2.24) is 4.90 Å². The zero-order chi connectivity index (χ0) is 27.6. The van der Waals surface area contributed by atoms with Crippen molar-refractivity contribution in [2.24, 2.45) is 23.7 Å². The van der Waals surface area contributed by atoms with Gasteiger partial charge in [0.25, 0.3) is 0 Å². The molecule has 0 unspecified atom stereocenters. The molecule has 2 heterocycles. The number of phenols is 1. The Morgan fingerprint density at radius 3 is 2.61 bits per heavy atom. The molecule has 0 spiro atoms. The highest BCUT2D eigenvalue weighted by Crippen LogP contribution is 2.48. The largest absolute Gasteiger partial charge is 0.508 e. The molecular formula is C30H36ClNO5S. The molecule has 4 atom stereocenters. The fraction of sp³-hybridized carbons (Fsp3) is 0.467. The molecule has 1 aliphatic carbocycles. The van der Waals surface area contributed by atoms with Crippen molar-refractivity contribution in [1.29, 1.82) is 0 Å². The molecule has 4 rings (SSSR count). The molecule has 1 saturated heterocycles. The van der Waals surface area contributed by atoms with E-state index in [4.69, 9.17) is 11.6 Å². The van der Waals surface area contributed by atoms with E-state index in [1.54, 1.807) is 12.1 Å². The van der Waals surface area contributed by atoms with Gasteiger partial charge in [-0.05, 0) is 72.4 Å². The van der Waals surface area contributed by atoms with Crippen LogP contribution in [0.1, 0.15) is 56.9 Å². The van der Waals surface area contributed by atoms with Gasteiger partial charge in [-0.1, -0.05) is 55.7 Å². The number of likely N-dealkylation sites (tertiary alicyclic amines) is 1. The fourth-order valence-electron chi connectivity index (χ4n) is 5.91. The van der Waals surface area contributed by atoms with Crippen LogP contribution in [-0.4, -0.2) is 44.7 Å². The molecule has 0 bridgehead atoms. The van der Waals surface area contributed by atoms with Gasteiger partial charge in [0.1, 0.15) is 5.75 Å². The zero-order valence-corrected chi connectivity index (χ0v) is 23.6. The number of imide groups is 1. The molecule has 1 aromatic heterocycles. The number of carbonyl (C=O) groups is 2. The summed E-state index contributed by atoms with van der Waals surface area (Å²) in [6.45, 7) is 6.06. The number of carbonyl (C=O) groups excluding carboxylic acids is 2. The number of rotatable bonds is 10. The maximum absolute atomic E-state index is 13.5. The van der Waals surface area contributed by atoms with Crippen LogP contribution in [0.2, 0.25) is 5.02 Å². The molecule has 1 aliphatic heterocycles. The van der Waals surface area contributed by atoms with Crippen LogP contribution >= 0.6 is 22.9 Å². The quantitative estimate of drug-likeness (QED) is 0.253. The van der Waals surface area contributed by atoms with Crippen LogP contribution < -0.4 is 0 Å². The zero-order valence-electron chi connectivity index (χ0n) is 22.1. The maximum atomic E-state index is 13.5. The minimum absolute atomic E-state index is 0.0703. The van der Waals surface area contributed by atoms with E-state index in [-0.39, 0.29) is 36.6 Å². The normalized spacial score (nSPS) is 23.0. The Balaban J connectivity index is 1.58. The second-order valence-corrected chi connectivity index (χ2v) is 12.0. The van der Waals surface area contributed by atoms with Gasteiger partial charge in [-0.3, -0.25) is 14.5 Å². The molecule has 2 aliphatic rings. The predicted octanol–water partition coefficient (Wildman–Crippen LogP) is 5.81. The van der Waals surface area contributed by atoms with Crippen molar-refractivity contribution < 1.29 is 24.9 Å². The van der Waals surface area contributed by atoms with Crippen LogP contribution in [0.4, 0.5) is 0 Å². The number of allylic oxidation sites excluding steroid dienone is 2. The summed E-state index contributed by atoms with van der Waals surface area (Å²) in [6, 6.07) is 8.66. The Kier molecular flexibility index (Phi) is 9.14. The molecule has 38 heavy (non-hydrogen) atoms. The Labute approximate surface area is 233 Å². The summed E-state index contributed by atoms with van der Waals surface area (Å²) in [4.78, 5) is 29.2. The second kappa shape index (κ2) is 12.2. The summed E-state index contributed by atoms with van der Waals surface area (Å²) in [6.07, 6.45) is 3.36. The molecular weight excluding hydrogens is 522 g/mol. The lowest BCUT2D eigenvalue weighted by atomic mass is 9.66. The third kappa shape index (κ3) is 5.76. The number of nitrogens with zero attached hydrogens (tertiary/aromatic N) is 1. The van der Waals surface area contributed by atoms with Crippen LogP contribution in [0.3, 0.4) is 0 Å².